The van der Waals surface area contributed by atoms with Gasteiger partial charge >= 0.3 is 0 Å². The van der Waals surface area contributed by atoms with Crippen molar-refractivity contribution in [2.24, 2.45) is 5.92 Å². The Morgan fingerprint density at radius 2 is 2.00 bits per heavy atom. The molecule has 3 N–H and O–H groups in total. The van der Waals surface area contributed by atoms with Gasteiger partial charge in [-0.05, 0) is 31.0 Å². The van der Waals surface area contributed by atoms with Crippen molar-refractivity contribution in [3.05, 3.63) is 59.5 Å². The third kappa shape index (κ3) is 3.91. The van der Waals surface area contributed by atoms with Gasteiger partial charge in [0.05, 0.1) is 23.7 Å². The molecule has 1 aliphatic rings. The largest absolute Gasteiger partial charge is 0.390 e. The molecule has 0 radical (unpaired) electrons. The van der Waals surface area contributed by atoms with Gasteiger partial charge in [-0.2, -0.15) is 5.10 Å². The average molecular weight is 446 g/mol. The summed E-state index contributed by atoms with van der Waals surface area (Å²) in [7, 11) is 0. The van der Waals surface area contributed by atoms with Crippen molar-refractivity contribution < 1.29 is 19.4 Å². The molecule has 1 amide bonds. The monoisotopic (exact) mass is 445 g/mol. The number of fused-ring (bicyclic) bond motifs is 1. The molecule has 1 unspecified atom stereocenters. The molecule has 162 valence electrons. The van der Waals surface area contributed by atoms with E-state index >= 15 is 4.39 Å². The Kier molecular flexibility index (Phi) is 5.74. The van der Waals surface area contributed by atoms with Crippen molar-refractivity contribution in [1.29, 1.82) is 0 Å². The minimum atomic E-state index is -1.49. The molecule has 2 heterocycles. The number of nitrogens with zero attached hydrogens (tertiary/aromatic N) is 4. The first-order chi connectivity index (χ1) is 14.8. The summed E-state index contributed by atoms with van der Waals surface area (Å²) in [4.78, 5) is 20.2. The summed E-state index contributed by atoms with van der Waals surface area (Å²) in [5, 5.41) is 29.1. The Hall–Kier alpha value is -2.88. The van der Waals surface area contributed by atoms with Gasteiger partial charge in [-0.1, -0.05) is 30.3 Å². The zero-order valence-electron chi connectivity index (χ0n) is 16.6. The Morgan fingerprint density at radius 3 is 2.68 bits per heavy atom. The fourth-order valence-corrected chi connectivity index (χ4v) is 4.01. The Balaban J connectivity index is 1.63. The summed E-state index contributed by atoms with van der Waals surface area (Å²) in [6, 6.07) is 5.58. The number of aliphatic hydroxyl groups is 2. The van der Waals surface area contributed by atoms with Crippen molar-refractivity contribution in [2.75, 3.05) is 5.32 Å². The summed E-state index contributed by atoms with van der Waals surface area (Å²) >= 11 is 5.87. The van der Waals surface area contributed by atoms with Crippen LogP contribution in [-0.2, 0) is 4.79 Å². The predicted molar refractivity (Wildman–Crippen MR) is 113 cm³/mol. The van der Waals surface area contributed by atoms with E-state index < -0.39 is 36.2 Å². The normalized spacial score (nSPS) is 24.3. The molecule has 1 aromatic carbocycles. The number of hydrogen-bond donors (Lipinski definition) is 3. The van der Waals surface area contributed by atoms with E-state index in [-0.39, 0.29) is 12.2 Å². The summed E-state index contributed by atoms with van der Waals surface area (Å²) in [6.45, 7) is 5.16. The SMILES string of the molecule is C=C(C)C(=O)Nc1ncnc2c1cnn2[C@@H]1C[C@H](C(F)c2ccc(Cl)cc2)[C@@H](O)[C@H]1O. The van der Waals surface area contributed by atoms with Crippen LogP contribution in [0.3, 0.4) is 0 Å². The second-order valence-corrected chi connectivity index (χ2v) is 8.12. The van der Waals surface area contributed by atoms with Crippen molar-refractivity contribution in [1.82, 2.24) is 19.7 Å². The number of amides is 1. The van der Waals surface area contributed by atoms with Crippen molar-refractivity contribution in [3.8, 4) is 0 Å². The van der Waals surface area contributed by atoms with Crippen molar-refractivity contribution >= 4 is 34.4 Å². The number of carbonyl (C=O) groups excluding carboxylic acids is 1. The maximum atomic E-state index is 15.2. The lowest BCUT2D eigenvalue weighted by molar-refractivity contribution is -0.112. The maximum absolute atomic E-state index is 15.2. The van der Waals surface area contributed by atoms with E-state index in [1.54, 1.807) is 31.2 Å². The molecule has 3 aromatic rings. The summed E-state index contributed by atoms with van der Waals surface area (Å²) in [5.41, 5.74) is 1.04. The van der Waals surface area contributed by atoms with Crippen LogP contribution >= 0.6 is 11.6 Å². The highest BCUT2D eigenvalue weighted by Crippen LogP contribution is 2.44. The van der Waals surface area contributed by atoms with Crippen LogP contribution in [0.25, 0.3) is 11.0 Å². The van der Waals surface area contributed by atoms with Crippen LogP contribution in [0, 0.1) is 5.92 Å². The van der Waals surface area contributed by atoms with Gasteiger partial charge < -0.3 is 15.5 Å². The molecule has 4 rings (SSSR count). The number of rotatable bonds is 5. The first-order valence-corrected chi connectivity index (χ1v) is 10.1. The minimum Gasteiger partial charge on any atom is -0.390 e. The molecule has 0 aliphatic heterocycles. The number of halogens is 2. The smallest absolute Gasteiger partial charge is 0.251 e. The molecule has 0 spiro atoms. The molecule has 0 saturated heterocycles. The highest BCUT2D eigenvalue weighted by Gasteiger charge is 2.47. The fourth-order valence-electron chi connectivity index (χ4n) is 3.89. The van der Waals surface area contributed by atoms with Gasteiger partial charge in [-0.15, -0.1) is 0 Å². The standard InChI is InChI=1S/C21H21ClFN5O3/c1-10(2)21(31)27-19-14-8-26-28(20(14)25-9-24-19)15-7-13(17(29)18(15)30)16(23)11-3-5-12(22)6-4-11/h3-6,8-9,13,15-18,29-30H,1,7H2,2H3,(H,24,25,27,31)/t13-,15-,16?,17-,18+/m1/s1. The van der Waals surface area contributed by atoms with Crippen molar-refractivity contribution in [3.63, 3.8) is 0 Å². The number of alkyl halides is 1. The zero-order valence-corrected chi connectivity index (χ0v) is 17.4. The second-order valence-electron chi connectivity index (χ2n) is 7.68. The number of benzene rings is 1. The van der Waals surface area contributed by atoms with Gasteiger partial charge in [0.2, 0.25) is 0 Å². The highest BCUT2D eigenvalue weighted by molar-refractivity contribution is 6.30. The van der Waals surface area contributed by atoms with E-state index in [9.17, 15) is 15.0 Å². The Labute approximate surface area is 182 Å². The summed E-state index contributed by atoms with van der Waals surface area (Å²) in [6.07, 6.45) is -1.17. The molecule has 10 heteroatoms. The van der Waals surface area contributed by atoms with E-state index in [0.717, 1.165) is 0 Å². The molecule has 0 bridgehead atoms. The molecule has 1 aliphatic carbocycles. The van der Waals surface area contributed by atoms with Crippen LogP contribution in [0.4, 0.5) is 10.2 Å². The van der Waals surface area contributed by atoms with Gasteiger partial charge in [0.25, 0.3) is 5.91 Å². The second kappa shape index (κ2) is 8.33. The maximum Gasteiger partial charge on any atom is 0.251 e. The minimum absolute atomic E-state index is 0.139. The molecular formula is C21H21ClFN5O3. The van der Waals surface area contributed by atoms with Gasteiger partial charge in [0.1, 0.15) is 24.4 Å². The van der Waals surface area contributed by atoms with Crippen LogP contribution in [0.2, 0.25) is 5.02 Å². The molecule has 1 fully saturated rings. The number of aliphatic hydroxyl groups excluding tert-OH is 2. The Morgan fingerprint density at radius 1 is 1.29 bits per heavy atom. The molecule has 8 nitrogen and oxygen atoms in total. The number of nitrogens with one attached hydrogen (secondary N) is 1. The lowest BCUT2D eigenvalue weighted by Gasteiger charge is -2.20. The lowest BCUT2D eigenvalue weighted by Crippen LogP contribution is -2.31. The van der Waals surface area contributed by atoms with E-state index in [1.165, 1.54) is 17.2 Å². The first-order valence-electron chi connectivity index (χ1n) is 9.68. The third-order valence-electron chi connectivity index (χ3n) is 5.59. The number of aromatic nitrogens is 4. The summed E-state index contributed by atoms with van der Waals surface area (Å²) in [5.74, 6) is -0.990. The van der Waals surface area contributed by atoms with E-state index in [4.69, 9.17) is 11.6 Å². The van der Waals surface area contributed by atoms with E-state index in [1.807, 2.05) is 0 Å². The average Bonchev–Trinajstić information content (AvgIpc) is 3.30. The number of anilines is 1. The fraction of sp³-hybridized carbons (Fsp3) is 0.333. The van der Waals surface area contributed by atoms with E-state index in [0.29, 0.717) is 27.2 Å². The molecule has 2 aromatic heterocycles. The molecule has 1 saturated carbocycles. The van der Waals surface area contributed by atoms with E-state index in [2.05, 4.69) is 27.0 Å². The first kappa shape index (κ1) is 21.4. The highest BCUT2D eigenvalue weighted by atomic mass is 35.5. The lowest BCUT2D eigenvalue weighted by atomic mass is 9.93. The third-order valence-corrected chi connectivity index (χ3v) is 5.84. The van der Waals surface area contributed by atoms with Crippen LogP contribution in [0.5, 0.6) is 0 Å². The van der Waals surface area contributed by atoms with Crippen LogP contribution in [0.1, 0.15) is 31.1 Å². The zero-order chi connectivity index (χ0) is 22.3. The van der Waals surface area contributed by atoms with Gasteiger partial charge in [-0.3, -0.25) is 4.79 Å². The molecule has 5 atom stereocenters. The van der Waals surface area contributed by atoms with Crippen LogP contribution < -0.4 is 5.32 Å². The number of hydrogen-bond acceptors (Lipinski definition) is 6. The topological polar surface area (TPSA) is 113 Å². The molecular weight excluding hydrogens is 425 g/mol. The quantitative estimate of drug-likeness (QED) is 0.520. The van der Waals surface area contributed by atoms with Gasteiger partial charge in [0, 0.05) is 16.5 Å². The predicted octanol–water partition coefficient (Wildman–Crippen LogP) is 2.99. The van der Waals surface area contributed by atoms with Gasteiger partial charge in [0.15, 0.2) is 5.65 Å². The number of carbonyl (C=O) groups is 1. The van der Waals surface area contributed by atoms with Crippen LogP contribution in [0.15, 0.2) is 48.9 Å². The molecule has 31 heavy (non-hydrogen) atoms. The Bertz CT molecular complexity index is 1140. The summed E-state index contributed by atoms with van der Waals surface area (Å²) < 4.78 is 16.6. The van der Waals surface area contributed by atoms with Gasteiger partial charge in [-0.25, -0.2) is 19.0 Å². The van der Waals surface area contributed by atoms with Crippen molar-refractivity contribution in [2.45, 2.75) is 37.8 Å². The van der Waals surface area contributed by atoms with Crippen LogP contribution in [-0.4, -0.2) is 48.1 Å².